The second-order valence-electron chi connectivity index (χ2n) is 6.23. The zero-order valence-corrected chi connectivity index (χ0v) is 13.3. The summed E-state index contributed by atoms with van der Waals surface area (Å²) in [4.78, 5) is 0. The van der Waals surface area contributed by atoms with Crippen molar-refractivity contribution in [2.75, 3.05) is 25.9 Å². The van der Waals surface area contributed by atoms with Gasteiger partial charge >= 0.3 is 0 Å². The SMILES string of the molecule is CS(=O)(=O)NCCNC1CCCCC1C1CCCCN1. The van der Waals surface area contributed by atoms with Crippen LogP contribution in [0.3, 0.4) is 0 Å². The second-order valence-corrected chi connectivity index (χ2v) is 8.06. The van der Waals surface area contributed by atoms with E-state index in [-0.39, 0.29) is 0 Å². The highest BCUT2D eigenvalue weighted by Crippen LogP contribution is 2.30. The van der Waals surface area contributed by atoms with Crippen LogP contribution >= 0.6 is 0 Å². The molecule has 0 aromatic carbocycles. The van der Waals surface area contributed by atoms with E-state index in [0.717, 1.165) is 13.1 Å². The minimum Gasteiger partial charge on any atom is -0.314 e. The third kappa shape index (κ3) is 5.31. The summed E-state index contributed by atoms with van der Waals surface area (Å²) in [7, 11) is -3.06. The van der Waals surface area contributed by atoms with Crippen LogP contribution < -0.4 is 15.4 Å². The Bertz CT molecular complexity index is 380. The van der Waals surface area contributed by atoms with Gasteiger partial charge in [0.2, 0.25) is 10.0 Å². The Morgan fingerprint density at radius 1 is 1.05 bits per heavy atom. The first-order chi connectivity index (χ1) is 9.56. The van der Waals surface area contributed by atoms with E-state index in [2.05, 4.69) is 15.4 Å². The van der Waals surface area contributed by atoms with Crippen molar-refractivity contribution in [3.8, 4) is 0 Å². The maximum atomic E-state index is 11.0. The molecule has 2 rings (SSSR count). The average molecular weight is 303 g/mol. The maximum Gasteiger partial charge on any atom is 0.208 e. The predicted octanol–water partition coefficient (Wildman–Crippen LogP) is 0.826. The highest BCUT2D eigenvalue weighted by Gasteiger charge is 2.31. The molecule has 3 unspecified atom stereocenters. The second kappa shape index (κ2) is 7.73. The lowest BCUT2D eigenvalue weighted by molar-refractivity contribution is 0.183. The third-order valence-electron chi connectivity index (χ3n) is 4.58. The molecule has 1 aliphatic carbocycles. The molecule has 0 aromatic heterocycles. The molecule has 118 valence electrons. The molecule has 1 heterocycles. The molecule has 5 nitrogen and oxygen atoms in total. The van der Waals surface area contributed by atoms with Gasteiger partial charge in [-0.1, -0.05) is 19.3 Å². The molecule has 2 fully saturated rings. The van der Waals surface area contributed by atoms with E-state index < -0.39 is 10.0 Å². The van der Waals surface area contributed by atoms with Gasteiger partial charge in [-0.25, -0.2) is 13.1 Å². The lowest BCUT2D eigenvalue weighted by Crippen LogP contribution is -2.51. The summed E-state index contributed by atoms with van der Waals surface area (Å²) < 4.78 is 24.6. The fraction of sp³-hybridized carbons (Fsp3) is 1.00. The van der Waals surface area contributed by atoms with Crippen LogP contribution in [-0.2, 0) is 10.0 Å². The number of rotatable bonds is 6. The van der Waals surface area contributed by atoms with E-state index in [1.54, 1.807) is 0 Å². The Balaban J connectivity index is 1.77. The Kier molecular flexibility index (Phi) is 6.26. The van der Waals surface area contributed by atoms with Gasteiger partial charge in [-0.05, 0) is 38.1 Å². The minimum absolute atomic E-state index is 0.486. The van der Waals surface area contributed by atoms with Crippen molar-refractivity contribution >= 4 is 10.0 Å². The topological polar surface area (TPSA) is 70.2 Å². The third-order valence-corrected chi connectivity index (χ3v) is 5.31. The number of piperidine rings is 1. The summed E-state index contributed by atoms with van der Waals surface area (Å²) in [6.45, 7) is 2.37. The fourth-order valence-electron chi connectivity index (χ4n) is 3.63. The van der Waals surface area contributed by atoms with Crippen LogP contribution in [0.1, 0.15) is 44.9 Å². The van der Waals surface area contributed by atoms with Crippen molar-refractivity contribution in [1.82, 2.24) is 15.4 Å². The van der Waals surface area contributed by atoms with Crippen molar-refractivity contribution in [2.24, 2.45) is 5.92 Å². The van der Waals surface area contributed by atoms with E-state index in [9.17, 15) is 8.42 Å². The van der Waals surface area contributed by atoms with Crippen LogP contribution in [0.15, 0.2) is 0 Å². The molecule has 1 aliphatic heterocycles. The summed E-state index contributed by atoms with van der Waals surface area (Å²) in [6.07, 6.45) is 10.3. The number of hydrogen-bond acceptors (Lipinski definition) is 4. The molecular formula is C14H29N3O2S. The lowest BCUT2D eigenvalue weighted by Gasteiger charge is -2.40. The molecule has 0 radical (unpaired) electrons. The molecule has 0 aromatic rings. The maximum absolute atomic E-state index is 11.0. The van der Waals surface area contributed by atoms with E-state index in [4.69, 9.17) is 0 Å². The summed E-state index contributed by atoms with van der Waals surface area (Å²) in [5.41, 5.74) is 0. The quantitative estimate of drug-likeness (QED) is 0.636. The Labute approximate surface area is 123 Å². The van der Waals surface area contributed by atoms with E-state index in [1.807, 2.05) is 0 Å². The summed E-state index contributed by atoms with van der Waals surface area (Å²) in [5.74, 6) is 0.710. The first-order valence-electron chi connectivity index (χ1n) is 7.98. The van der Waals surface area contributed by atoms with Gasteiger partial charge in [-0.3, -0.25) is 0 Å². The van der Waals surface area contributed by atoms with Gasteiger partial charge < -0.3 is 10.6 Å². The smallest absolute Gasteiger partial charge is 0.208 e. The molecule has 3 N–H and O–H groups in total. The van der Waals surface area contributed by atoms with Crippen molar-refractivity contribution in [1.29, 1.82) is 0 Å². The van der Waals surface area contributed by atoms with Crippen LogP contribution in [0.4, 0.5) is 0 Å². The molecule has 0 bridgehead atoms. The summed E-state index contributed by atoms with van der Waals surface area (Å²) in [6, 6.07) is 1.20. The molecular weight excluding hydrogens is 274 g/mol. The Hall–Kier alpha value is -0.170. The molecule has 0 spiro atoms. The fourth-order valence-corrected chi connectivity index (χ4v) is 4.11. The number of hydrogen-bond donors (Lipinski definition) is 3. The van der Waals surface area contributed by atoms with E-state index in [1.165, 1.54) is 51.2 Å². The zero-order valence-electron chi connectivity index (χ0n) is 12.5. The molecule has 2 aliphatic rings. The van der Waals surface area contributed by atoms with Gasteiger partial charge in [-0.2, -0.15) is 0 Å². The molecule has 1 saturated carbocycles. The number of sulfonamides is 1. The number of nitrogens with one attached hydrogen (secondary N) is 3. The zero-order chi connectivity index (χ0) is 14.4. The Morgan fingerprint density at radius 3 is 2.50 bits per heavy atom. The first kappa shape index (κ1) is 16.2. The molecule has 20 heavy (non-hydrogen) atoms. The molecule has 3 atom stereocenters. The van der Waals surface area contributed by atoms with E-state index in [0.29, 0.717) is 24.5 Å². The largest absolute Gasteiger partial charge is 0.314 e. The van der Waals surface area contributed by atoms with E-state index >= 15 is 0 Å². The van der Waals surface area contributed by atoms with Crippen molar-refractivity contribution < 1.29 is 8.42 Å². The molecule has 1 saturated heterocycles. The Morgan fingerprint density at radius 2 is 1.80 bits per heavy atom. The van der Waals surface area contributed by atoms with Gasteiger partial charge in [-0.15, -0.1) is 0 Å². The van der Waals surface area contributed by atoms with Gasteiger partial charge in [0, 0.05) is 25.2 Å². The van der Waals surface area contributed by atoms with Gasteiger partial charge in [0.25, 0.3) is 0 Å². The molecule has 6 heteroatoms. The monoisotopic (exact) mass is 303 g/mol. The van der Waals surface area contributed by atoms with Crippen LogP contribution in [0.25, 0.3) is 0 Å². The molecule has 0 amide bonds. The average Bonchev–Trinajstić information content (AvgIpc) is 2.44. The predicted molar refractivity (Wildman–Crippen MR) is 82.2 cm³/mol. The van der Waals surface area contributed by atoms with Crippen molar-refractivity contribution in [3.05, 3.63) is 0 Å². The van der Waals surface area contributed by atoms with Gasteiger partial charge in [0.15, 0.2) is 0 Å². The summed E-state index contributed by atoms with van der Waals surface area (Å²) in [5, 5.41) is 7.26. The minimum atomic E-state index is -3.06. The summed E-state index contributed by atoms with van der Waals surface area (Å²) >= 11 is 0. The van der Waals surface area contributed by atoms with Crippen molar-refractivity contribution in [2.45, 2.75) is 57.0 Å². The van der Waals surface area contributed by atoms with Crippen LogP contribution in [-0.4, -0.2) is 46.4 Å². The first-order valence-corrected chi connectivity index (χ1v) is 9.87. The van der Waals surface area contributed by atoms with Crippen molar-refractivity contribution in [3.63, 3.8) is 0 Å². The highest BCUT2D eigenvalue weighted by molar-refractivity contribution is 7.88. The standard InChI is InChI=1S/C14H29N3O2S/c1-20(18,19)17-11-10-16-14-7-3-2-6-12(14)13-8-4-5-9-15-13/h12-17H,2-11H2,1H3. The van der Waals surface area contributed by atoms with Gasteiger partial charge in [0.05, 0.1) is 6.26 Å². The van der Waals surface area contributed by atoms with Crippen LogP contribution in [0.5, 0.6) is 0 Å². The lowest BCUT2D eigenvalue weighted by atomic mass is 9.77. The normalized spacial score (nSPS) is 32.1. The van der Waals surface area contributed by atoms with Gasteiger partial charge in [0.1, 0.15) is 0 Å². The van der Waals surface area contributed by atoms with Crippen LogP contribution in [0, 0.1) is 5.92 Å². The highest BCUT2D eigenvalue weighted by atomic mass is 32.2. The van der Waals surface area contributed by atoms with Crippen LogP contribution in [0.2, 0.25) is 0 Å².